The molecule has 4 heteroatoms. The summed E-state index contributed by atoms with van der Waals surface area (Å²) in [7, 11) is 0. The SMILES string of the molecule is CCCCN(CCO)c1ccc(C(C)O)nc1. The van der Waals surface area contributed by atoms with Crippen molar-refractivity contribution in [3.8, 4) is 0 Å². The first kappa shape index (κ1) is 13.9. The molecule has 1 rings (SSSR count). The summed E-state index contributed by atoms with van der Waals surface area (Å²) in [5, 5.41) is 18.4. The fourth-order valence-corrected chi connectivity index (χ4v) is 1.67. The quantitative estimate of drug-likeness (QED) is 0.759. The molecular weight excluding hydrogens is 216 g/mol. The van der Waals surface area contributed by atoms with Crippen LogP contribution < -0.4 is 4.90 Å². The van der Waals surface area contributed by atoms with Gasteiger partial charge < -0.3 is 15.1 Å². The topological polar surface area (TPSA) is 56.6 Å². The molecule has 1 heterocycles. The van der Waals surface area contributed by atoms with Crippen molar-refractivity contribution < 1.29 is 10.2 Å². The average Bonchev–Trinajstić information content (AvgIpc) is 2.34. The van der Waals surface area contributed by atoms with Gasteiger partial charge >= 0.3 is 0 Å². The molecule has 2 N–H and O–H groups in total. The summed E-state index contributed by atoms with van der Waals surface area (Å²) in [6.07, 6.45) is 3.44. The van der Waals surface area contributed by atoms with E-state index in [1.165, 1.54) is 0 Å². The van der Waals surface area contributed by atoms with Crippen molar-refractivity contribution in [3.63, 3.8) is 0 Å². The highest BCUT2D eigenvalue weighted by Crippen LogP contribution is 2.16. The van der Waals surface area contributed by atoms with Crippen molar-refractivity contribution in [2.24, 2.45) is 0 Å². The number of anilines is 1. The van der Waals surface area contributed by atoms with E-state index in [4.69, 9.17) is 5.11 Å². The van der Waals surface area contributed by atoms with Gasteiger partial charge in [-0.15, -0.1) is 0 Å². The molecule has 0 aliphatic heterocycles. The molecule has 17 heavy (non-hydrogen) atoms. The van der Waals surface area contributed by atoms with Gasteiger partial charge in [-0.1, -0.05) is 13.3 Å². The minimum Gasteiger partial charge on any atom is -0.395 e. The summed E-state index contributed by atoms with van der Waals surface area (Å²) in [5.41, 5.74) is 1.67. The molecule has 1 aromatic rings. The van der Waals surface area contributed by atoms with Gasteiger partial charge in [0.05, 0.1) is 30.3 Å². The van der Waals surface area contributed by atoms with Crippen LogP contribution in [0.1, 0.15) is 38.5 Å². The second kappa shape index (κ2) is 7.25. The van der Waals surface area contributed by atoms with Crippen LogP contribution in [0.15, 0.2) is 18.3 Å². The molecule has 0 bridgehead atoms. The number of rotatable bonds is 7. The number of pyridine rings is 1. The molecular formula is C13H22N2O2. The molecule has 0 saturated heterocycles. The Bertz CT molecular complexity index is 312. The van der Waals surface area contributed by atoms with Gasteiger partial charge in [-0.25, -0.2) is 0 Å². The second-order valence-corrected chi connectivity index (χ2v) is 4.18. The molecule has 0 spiro atoms. The van der Waals surface area contributed by atoms with Crippen LogP contribution in [0.3, 0.4) is 0 Å². The molecule has 0 saturated carbocycles. The molecule has 0 aliphatic rings. The van der Waals surface area contributed by atoms with Crippen LogP contribution in [0.25, 0.3) is 0 Å². The summed E-state index contributed by atoms with van der Waals surface area (Å²) in [6, 6.07) is 3.77. The Morgan fingerprint density at radius 3 is 2.59 bits per heavy atom. The summed E-state index contributed by atoms with van der Waals surface area (Å²) in [4.78, 5) is 6.33. The first-order valence-corrected chi connectivity index (χ1v) is 6.18. The third-order valence-corrected chi connectivity index (χ3v) is 2.72. The molecule has 1 atom stereocenters. The van der Waals surface area contributed by atoms with E-state index in [0.29, 0.717) is 12.2 Å². The normalized spacial score (nSPS) is 12.5. The van der Waals surface area contributed by atoms with Crippen LogP contribution in [0.2, 0.25) is 0 Å². The van der Waals surface area contributed by atoms with Gasteiger partial charge in [-0.2, -0.15) is 0 Å². The van der Waals surface area contributed by atoms with Crippen molar-refractivity contribution in [1.82, 2.24) is 4.98 Å². The Balaban J connectivity index is 2.72. The minimum absolute atomic E-state index is 0.141. The molecule has 0 aromatic carbocycles. The van der Waals surface area contributed by atoms with E-state index in [1.54, 1.807) is 13.1 Å². The second-order valence-electron chi connectivity index (χ2n) is 4.18. The van der Waals surface area contributed by atoms with E-state index in [-0.39, 0.29) is 6.61 Å². The standard InChI is InChI=1S/C13H22N2O2/c1-3-4-7-15(8-9-16)12-5-6-13(11(2)17)14-10-12/h5-6,10-11,16-17H,3-4,7-9H2,1-2H3. The Morgan fingerprint density at radius 1 is 1.35 bits per heavy atom. The maximum atomic E-state index is 9.38. The molecule has 0 fully saturated rings. The summed E-state index contributed by atoms with van der Waals surface area (Å²) in [6.45, 7) is 5.53. The number of hydrogen-bond donors (Lipinski definition) is 2. The van der Waals surface area contributed by atoms with Crippen molar-refractivity contribution >= 4 is 5.69 Å². The predicted octanol–water partition coefficient (Wildman–Crippen LogP) is 1.73. The van der Waals surface area contributed by atoms with Gasteiger partial charge in [-0.05, 0) is 25.5 Å². The maximum absolute atomic E-state index is 9.38. The third-order valence-electron chi connectivity index (χ3n) is 2.72. The summed E-state index contributed by atoms with van der Waals surface area (Å²) < 4.78 is 0. The maximum Gasteiger partial charge on any atom is 0.0931 e. The van der Waals surface area contributed by atoms with E-state index in [0.717, 1.165) is 25.1 Å². The van der Waals surface area contributed by atoms with Gasteiger partial charge in [0.1, 0.15) is 0 Å². The monoisotopic (exact) mass is 238 g/mol. The lowest BCUT2D eigenvalue weighted by atomic mass is 10.2. The van der Waals surface area contributed by atoms with E-state index < -0.39 is 6.10 Å². The Morgan fingerprint density at radius 2 is 2.12 bits per heavy atom. The molecule has 0 amide bonds. The van der Waals surface area contributed by atoms with Gasteiger partial charge in [0, 0.05) is 13.1 Å². The van der Waals surface area contributed by atoms with Crippen LogP contribution in [0.5, 0.6) is 0 Å². The van der Waals surface area contributed by atoms with E-state index in [1.807, 2.05) is 12.1 Å². The largest absolute Gasteiger partial charge is 0.395 e. The van der Waals surface area contributed by atoms with Crippen LogP contribution in [-0.4, -0.2) is 34.9 Å². The zero-order valence-electron chi connectivity index (χ0n) is 10.6. The van der Waals surface area contributed by atoms with Crippen molar-refractivity contribution in [2.75, 3.05) is 24.6 Å². The lowest BCUT2D eigenvalue weighted by molar-refractivity contribution is 0.194. The number of unbranched alkanes of at least 4 members (excludes halogenated alkanes) is 1. The smallest absolute Gasteiger partial charge is 0.0931 e. The molecule has 96 valence electrons. The highest BCUT2D eigenvalue weighted by molar-refractivity contribution is 5.44. The number of aliphatic hydroxyl groups is 2. The molecule has 1 aromatic heterocycles. The zero-order chi connectivity index (χ0) is 12.7. The van der Waals surface area contributed by atoms with E-state index >= 15 is 0 Å². The number of aliphatic hydroxyl groups excluding tert-OH is 2. The van der Waals surface area contributed by atoms with Gasteiger partial charge in [0.15, 0.2) is 0 Å². The zero-order valence-corrected chi connectivity index (χ0v) is 10.6. The number of hydrogen-bond acceptors (Lipinski definition) is 4. The average molecular weight is 238 g/mol. The Kier molecular flexibility index (Phi) is 5.94. The van der Waals surface area contributed by atoms with Gasteiger partial charge in [0.2, 0.25) is 0 Å². The van der Waals surface area contributed by atoms with Crippen LogP contribution in [0, 0.1) is 0 Å². The fraction of sp³-hybridized carbons (Fsp3) is 0.615. The highest BCUT2D eigenvalue weighted by Gasteiger charge is 2.07. The molecule has 0 aliphatic carbocycles. The predicted molar refractivity (Wildman–Crippen MR) is 69.1 cm³/mol. The van der Waals surface area contributed by atoms with Crippen LogP contribution in [0.4, 0.5) is 5.69 Å². The Hall–Kier alpha value is -1.13. The van der Waals surface area contributed by atoms with E-state index in [9.17, 15) is 5.11 Å². The number of nitrogens with zero attached hydrogens (tertiary/aromatic N) is 2. The summed E-state index contributed by atoms with van der Waals surface area (Å²) in [5.74, 6) is 0. The first-order chi connectivity index (χ1) is 8.19. The minimum atomic E-state index is -0.536. The highest BCUT2D eigenvalue weighted by atomic mass is 16.3. The first-order valence-electron chi connectivity index (χ1n) is 6.18. The Labute approximate surface area is 103 Å². The van der Waals surface area contributed by atoms with Crippen LogP contribution in [-0.2, 0) is 0 Å². The molecule has 4 nitrogen and oxygen atoms in total. The molecule has 0 radical (unpaired) electrons. The van der Waals surface area contributed by atoms with E-state index in [2.05, 4.69) is 16.8 Å². The third kappa shape index (κ3) is 4.32. The number of aromatic nitrogens is 1. The lowest BCUT2D eigenvalue weighted by Crippen LogP contribution is -2.27. The van der Waals surface area contributed by atoms with Crippen molar-refractivity contribution in [1.29, 1.82) is 0 Å². The van der Waals surface area contributed by atoms with Crippen molar-refractivity contribution in [2.45, 2.75) is 32.8 Å². The van der Waals surface area contributed by atoms with Gasteiger partial charge in [-0.3, -0.25) is 4.98 Å². The molecule has 1 unspecified atom stereocenters. The van der Waals surface area contributed by atoms with Crippen molar-refractivity contribution in [3.05, 3.63) is 24.0 Å². The van der Waals surface area contributed by atoms with Gasteiger partial charge in [0.25, 0.3) is 0 Å². The summed E-state index contributed by atoms with van der Waals surface area (Å²) >= 11 is 0. The fourth-order valence-electron chi connectivity index (χ4n) is 1.67. The van der Waals surface area contributed by atoms with Crippen LogP contribution >= 0.6 is 0 Å². The lowest BCUT2D eigenvalue weighted by Gasteiger charge is -2.23.